The Kier molecular flexibility index (Phi) is 5.27. The van der Waals surface area contributed by atoms with Crippen LogP contribution in [0.25, 0.3) is 0 Å². The van der Waals surface area contributed by atoms with Gasteiger partial charge in [-0.05, 0) is 23.7 Å². The number of hydrogen-bond acceptors (Lipinski definition) is 2. The first-order chi connectivity index (χ1) is 9.65. The van der Waals surface area contributed by atoms with Crippen molar-refractivity contribution in [1.82, 2.24) is 4.90 Å². The molecule has 0 radical (unpaired) electrons. The van der Waals surface area contributed by atoms with Gasteiger partial charge in [-0.1, -0.05) is 66.8 Å². The maximum absolute atomic E-state index is 5.67. The van der Waals surface area contributed by atoms with Crippen LogP contribution in [0, 0.1) is 0 Å². The Hall–Kier alpha value is -1.71. The monoisotopic (exact) mass is 284 g/mol. The van der Waals surface area contributed by atoms with E-state index < -0.39 is 0 Å². The highest BCUT2D eigenvalue weighted by atomic mass is 32.1. The van der Waals surface area contributed by atoms with Gasteiger partial charge in [-0.2, -0.15) is 0 Å². The normalized spacial score (nSPS) is 10.7. The fraction of sp³-hybridized carbons (Fsp3) is 0.235. The third kappa shape index (κ3) is 4.44. The zero-order valence-electron chi connectivity index (χ0n) is 11.8. The van der Waals surface area contributed by atoms with Crippen molar-refractivity contribution in [3.63, 3.8) is 0 Å². The molecule has 0 amide bonds. The van der Waals surface area contributed by atoms with Crippen LogP contribution >= 0.6 is 12.2 Å². The molecule has 2 rings (SSSR count). The summed E-state index contributed by atoms with van der Waals surface area (Å²) in [7, 11) is 2.13. The first-order valence-corrected chi connectivity index (χ1v) is 7.13. The third-order valence-corrected chi connectivity index (χ3v) is 3.36. The Balaban J connectivity index is 2.04. The zero-order chi connectivity index (χ0) is 14.4. The summed E-state index contributed by atoms with van der Waals surface area (Å²) in [6.45, 7) is 1.83. The summed E-state index contributed by atoms with van der Waals surface area (Å²) in [5, 5.41) is 0. The molecule has 0 spiro atoms. The molecule has 0 aliphatic rings. The molecule has 0 aliphatic carbocycles. The molecule has 104 valence electrons. The number of hydrogen-bond donors (Lipinski definition) is 1. The van der Waals surface area contributed by atoms with Crippen molar-refractivity contribution in [3.05, 3.63) is 71.3 Å². The van der Waals surface area contributed by atoms with Gasteiger partial charge in [0.15, 0.2) is 0 Å². The summed E-state index contributed by atoms with van der Waals surface area (Å²) >= 11 is 5.02. The fourth-order valence-corrected chi connectivity index (χ4v) is 2.47. The maximum atomic E-state index is 5.67. The second-order valence-corrected chi connectivity index (χ2v) is 5.59. The van der Waals surface area contributed by atoms with Crippen LogP contribution < -0.4 is 5.73 Å². The lowest BCUT2D eigenvalue weighted by Crippen LogP contribution is -2.19. The van der Waals surface area contributed by atoms with Gasteiger partial charge in [0.25, 0.3) is 0 Å². The molecule has 2 aromatic carbocycles. The molecule has 2 N–H and O–H groups in total. The first-order valence-electron chi connectivity index (χ1n) is 6.72. The van der Waals surface area contributed by atoms with Crippen molar-refractivity contribution in [1.29, 1.82) is 0 Å². The van der Waals surface area contributed by atoms with E-state index in [-0.39, 0.29) is 0 Å². The van der Waals surface area contributed by atoms with E-state index in [1.165, 1.54) is 16.7 Å². The van der Waals surface area contributed by atoms with Crippen molar-refractivity contribution in [2.45, 2.75) is 19.5 Å². The molecular weight excluding hydrogens is 264 g/mol. The van der Waals surface area contributed by atoms with Crippen LogP contribution in [-0.4, -0.2) is 16.9 Å². The van der Waals surface area contributed by atoms with E-state index in [4.69, 9.17) is 18.0 Å². The van der Waals surface area contributed by atoms with Crippen molar-refractivity contribution in [2.24, 2.45) is 5.73 Å². The number of nitrogens with zero attached hydrogens (tertiary/aromatic N) is 1. The Bertz CT molecular complexity index is 566. The van der Waals surface area contributed by atoms with E-state index in [1.54, 1.807) is 0 Å². The minimum Gasteiger partial charge on any atom is -0.393 e. The molecule has 0 saturated carbocycles. The van der Waals surface area contributed by atoms with E-state index >= 15 is 0 Å². The summed E-state index contributed by atoms with van der Waals surface area (Å²) in [5.74, 6) is 0. The predicted octanol–water partition coefficient (Wildman–Crippen LogP) is 3.15. The summed E-state index contributed by atoms with van der Waals surface area (Å²) in [6.07, 6.45) is 0.671. The van der Waals surface area contributed by atoms with Gasteiger partial charge in [0.1, 0.15) is 0 Å². The molecular formula is C17H20N2S. The molecule has 2 nitrogen and oxygen atoms in total. The molecule has 0 bridgehead atoms. The fourth-order valence-electron chi connectivity index (χ4n) is 2.31. The van der Waals surface area contributed by atoms with E-state index in [1.807, 2.05) is 12.1 Å². The van der Waals surface area contributed by atoms with Crippen molar-refractivity contribution >= 4 is 17.2 Å². The molecule has 2 aromatic rings. The van der Waals surface area contributed by atoms with E-state index in [0.717, 1.165) is 13.1 Å². The molecule has 0 saturated heterocycles. The van der Waals surface area contributed by atoms with Gasteiger partial charge in [-0.25, -0.2) is 0 Å². The highest BCUT2D eigenvalue weighted by molar-refractivity contribution is 7.80. The minimum atomic E-state index is 0.545. The van der Waals surface area contributed by atoms with Crippen molar-refractivity contribution < 1.29 is 0 Å². The lowest BCUT2D eigenvalue weighted by molar-refractivity contribution is 0.318. The van der Waals surface area contributed by atoms with Crippen LogP contribution in [-0.2, 0) is 19.5 Å². The second-order valence-electron chi connectivity index (χ2n) is 5.07. The molecule has 0 heterocycles. The van der Waals surface area contributed by atoms with E-state index in [2.05, 4.69) is 54.4 Å². The highest BCUT2D eigenvalue weighted by Gasteiger charge is 2.06. The van der Waals surface area contributed by atoms with Gasteiger partial charge in [0, 0.05) is 19.5 Å². The molecule has 0 fully saturated rings. The van der Waals surface area contributed by atoms with Gasteiger partial charge in [-0.3, -0.25) is 4.90 Å². The van der Waals surface area contributed by atoms with Crippen LogP contribution in [0.5, 0.6) is 0 Å². The smallest absolute Gasteiger partial charge is 0.0771 e. The van der Waals surface area contributed by atoms with Gasteiger partial charge >= 0.3 is 0 Å². The quantitative estimate of drug-likeness (QED) is 0.826. The maximum Gasteiger partial charge on any atom is 0.0771 e. The number of thiocarbonyl (C=S) groups is 1. The third-order valence-electron chi connectivity index (χ3n) is 3.22. The Morgan fingerprint density at radius 2 is 1.55 bits per heavy atom. The molecule has 0 unspecified atom stereocenters. The summed E-state index contributed by atoms with van der Waals surface area (Å²) in [4.78, 5) is 2.84. The van der Waals surface area contributed by atoms with Crippen LogP contribution in [0.15, 0.2) is 54.6 Å². The van der Waals surface area contributed by atoms with Crippen LogP contribution in [0.1, 0.15) is 16.7 Å². The lowest BCUT2D eigenvalue weighted by atomic mass is 10.0. The molecule has 0 atom stereocenters. The van der Waals surface area contributed by atoms with E-state index in [9.17, 15) is 0 Å². The Morgan fingerprint density at radius 1 is 0.950 bits per heavy atom. The molecule has 3 heteroatoms. The van der Waals surface area contributed by atoms with Gasteiger partial charge in [0.05, 0.1) is 4.99 Å². The van der Waals surface area contributed by atoms with Gasteiger partial charge < -0.3 is 5.73 Å². The Labute approximate surface area is 126 Å². The van der Waals surface area contributed by atoms with Crippen molar-refractivity contribution in [3.8, 4) is 0 Å². The van der Waals surface area contributed by atoms with E-state index in [0.29, 0.717) is 11.4 Å². The van der Waals surface area contributed by atoms with Crippen LogP contribution in [0.4, 0.5) is 0 Å². The largest absolute Gasteiger partial charge is 0.393 e. The summed E-state index contributed by atoms with van der Waals surface area (Å²) in [5.41, 5.74) is 9.50. The SMILES string of the molecule is CN(Cc1ccccc1)Cc1ccccc1CC(N)=S. The molecule has 20 heavy (non-hydrogen) atoms. The van der Waals surface area contributed by atoms with Gasteiger partial charge in [0.2, 0.25) is 0 Å². The van der Waals surface area contributed by atoms with Crippen LogP contribution in [0.3, 0.4) is 0 Å². The summed E-state index contributed by atoms with van der Waals surface area (Å²) < 4.78 is 0. The predicted molar refractivity (Wildman–Crippen MR) is 88.5 cm³/mol. The molecule has 0 aliphatic heterocycles. The molecule has 0 aromatic heterocycles. The number of benzene rings is 2. The highest BCUT2D eigenvalue weighted by Crippen LogP contribution is 2.13. The Morgan fingerprint density at radius 3 is 2.20 bits per heavy atom. The second kappa shape index (κ2) is 7.17. The topological polar surface area (TPSA) is 29.3 Å². The average Bonchev–Trinajstić information content (AvgIpc) is 2.41. The van der Waals surface area contributed by atoms with Gasteiger partial charge in [-0.15, -0.1) is 0 Å². The standard InChI is InChI=1S/C17H20N2S/c1-19(12-14-7-3-2-4-8-14)13-16-10-6-5-9-15(16)11-17(18)20/h2-10H,11-13H2,1H3,(H2,18,20). The minimum absolute atomic E-state index is 0.545. The lowest BCUT2D eigenvalue weighted by Gasteiger charge is -2.19. The summed E-state index contributed by atoms with van der Waals surface area (Å²) in [6, 6.07) is 18.8. The zero-order valence-corrected chi connectivity index (χ0v) is 12.6. The van der Waals surface area contributed by atoms with Crippen molar-refractivity contribution in [2.75, 3.05) is 7.05 Å². The van der Waals surface area contributed by atoms with Crippen LogP contribution in [0.2, 0.25) is 0 Å². The average molecular weight is 284 g/mol. The number of rotatable bonds is 6. The number of nitrogens with two attached hydrogens (primary N) is 1. The first kappa shape index (κ1) is 14.7.